The van der Waals surface area contributed by atoms with E-state index >= 15 is 0 Å². The van der Waals surface area contributed by atoms with Gasteiger partial charge in [0, 0.05) is 11.5 Å². The molecule has 3 saturated carbocycles. The van der Waals surface area contributed by atoms with Gasteiger partial charge in [0.1, 0.15) is 0 Å². The van der Waals surface area contributed by atoms with Gasteiger partial charge in [0.2, 0.25) is 0 Å². The van der Waals surface area contributed by atoms with E-state index in [9.17, 15) is 4.79 Å². The summed E-state index contributed by atoms with van der Waals surface area (Å²) in [4.78, 5) is 12.8. The number of carbonyl (C=O) groups is 1. The molecular weight excluding hydrogens is 372 g/mol. The summed E-state index contributed by atoms with van der Waals surface area (Å²) < 4.78 is 5.77. The average Bonchev–Trinajstić information content (AvgIpc) is 3.11. The van der Waals surface area contributed by atoms with Crippen LogP contribution in [0.4, 0.5) is 0 Å². The van der Waals surface area contributed by atoms with E-state index in [1.54, 1.807) is 7.11 Å². The van der Waals surface area contributed by atoms with Crippen LogP contribution in [-0.2, 0) is 9.53 Å². The number of methoxy groups -OCH3 is 1. The lowest BCUT2D eigenvalue weighted by atomic mass is 9.43. The van der Waals surface area contributed by atoms with Crippen molar-refractivity contribution in [3.8, 4) is 0 Å². The summed E-state index contributed by atoms with van der Waals surface area (Å²) in [6.45, 7) is 9.68. The lowest BCUT2D eigenvalue weighted by Gasteiger charge is -2.64. The van der Waals surface area contributed by atoms with Gasteiger partial charge < -0.3 is 4.74 Å². The van der Waals surface area contributed by atoms with Crippen molar-refractivity contribution in [1.29, 1.82) is 0 Å². The predicted molar refractivity (Wildman–Crippen MR) is 117 cm³/mol. The second-order valence-corrected chi connectivity index (χ2v) is 13.5. The highest BCUT2D eigenvalue weighted by atomic mass is 32.2. The number of rotatable bonds is 2. The van der Waals surface area contributed by atoms with E-state index in [1.807, 2.05) is 0 Å². The largest absolute Gasteiger partial charge is 0.469 e. The highest BCUT2D eigenvalue weighted by Crippen LogP contribution is 2.71. The van der Waals surface area contributed by atoms with Crippen LogP contribution < -0.4 is 0 Å². The highest BCUT2D eigenvalue weighted by Gasteiger charge is 2.65. The fourth-order valence-electron chi connectivity index (χ4n) is 8.01. The number of esters is 1. The van der Waals surface area contributed by atoms with Crippen molar-refractivity contribution in [1.82, 2.24) is 0 Å². The van der Waals surface area contributed by atoms with Crippen LogP contribution in [0.1, 0.15) is 72.6 Å². The third kappa shape index (κ3) is 2.86. The van der Waals surface area contributed by atoms with Crippen molar-refractivity contribution in [2.45, 2.75) is 76.7 Å². The van der Waals surface area contributed by atoms with Gasteiger partial charge in [0.25, 0.3) is 0 Å². The van der Waals surface area contributed by atoms with Crippen molar-refractivity contribution in [2.75, 3.05) is 18.6 Å². The van der Waals surface area contributed by atoms with Crippen molar-refractivity contribution >= 4 is 29.5 Å². The van der Waals surface area contributed by atoms with Crippen LogP contribution in [0.15, 0.2) is 0 Å². The molecule has 4 heteroatoms. The molecule has 1 spiro atoms. The molecule has 27 heavy (non-hydrogen) atoms. The molecule has 4 unspecified atom stereocenters. The second kappa shape index (κ2) is 7.15. The Hall–Kier alpha value is 0.170. The Kier molecular flexibility index (Phi) is 5.41. The van der Waals surface area contributed by atoms with Gasteiger partial charge in [-0.2, -0.15) is 0 Å². The summed E-state index contributed by atoms with van der Waals surface area (Å²) in [5, 5.41) is 0. The van der Waals surface area contributed by atoms with Gasteiger partial charge in [0.15, 0.2) is 0 Å². The van der Waals surface area contributed by atoms with Crippen LogP contribution >= 0.6 is 23.5 Å². The van der Waals surface area contributed by atoms with Gasteiger partial charge in [-0.15, -0.1) is 23.5 Å². The number of carbonyl (C=O) groups excluding carboxylic acids is 1. The second-order valence-electron chi connectivity index (χ2n) is 10.5. The smallest absolute Gasteiger partial charge is 0.311 e. The Morgan fingerprint density at radius 3 is 2.30 bits per heavy atom. The summed E-state index contributed by atoms with van der Waals surface area (Å²) >= 11 is 4.62. The molecule has 1 heterocycles. The molecule has 4 aliphatic rings. The van der Waals surface area contributed by atoms with Crippen LogP contribution in [0, 0.1) is 40.4 Å². The Bertz CT molecular complexity index is 585. The number of fused-ring (bicyclic) bond motifs is 4. The molecule has 0 N–H and O–H groups in total. The molecule has 2 nitrogen and oxygen atoms in total. The molecule has 4 fully saturated rings. The molecule has 1 saturated heterocycles. The summed E-state index contributed by atoms with van der Waals surface area (Å²) in [7, 11) is 1.58. The van der Waals surface area contributed by atoms with Gasteiger partial charge in [-0.25, -0.2) is 0 Å². The fraction of sp³-hybridized carbons (Fsp3) is 0.957. The molecule has 0 bridgehead atoms. The van der Waals surface area contributed by atoms with Gasteiger partial charge in [-0.1, -0.05) is 27.2 Å². The Morgan fingerprint density at radius 2 is 1.67 bits per heavy atom. The van der Waals surface area contributed by atoms with Crippen LogP contribution in [0.2, 0.25) is 0 Å². The van der Waals surface area contributed by atoms with E-state index in [1.165, 1.54) is 50.0 Å². The minimum Gasteiger partial charge on any atom is -0.469 e. The highest BCUT2D eigenvalue weighted by molar-refractivity contribution is 8.21. The molecule has 0 aromatic heterocycles. The van der Waals surface area contributed by atoms with Crippen LogP contribution in [-0.4, -0.2) is 28.7 Å². The quantitative estimate of drug-likeness (QED) is 0.503. The molecule has 0 aromatic carbocycles. The third-order valence-corrected chi connectivity index (χ3v) is 13.0. The first-order valence-corrected chi connectivity index (χ1v) is 13.1. The van der Waals surface area contributed by atoms with E-state index in [0.29, 0.717) is 15.4 Å². The molecular formula is C23H38O2S2. The van der Waals surface area contributed by atoms with Gasteiger partial charge in [-0.05, 0) is 80.5 Å². The first kappa shape index (κ1) is 20.4. The first-order valence-electron chi connectivity index (χ1n) is 11.2. The van der Waals surface area contributed by atoms with Crippen molar-refractivity contribution < 1.29 is 9.53 Å². The van der Waals surface area contributed by atoms with E-state index in [0.717, 1.165) is 30.1 Å². The van der Waals surface area contributed by atoms with Gasteiger partial charge >= 0.3 is 5.97 Å². The number of hydrogen-bond acceptors (Lipinski definition) is 4. The van der Waals surface area contributed by atoms with Gasteiger partial charge in [0.05, 0.1) is 16.6 Å². The number of hydrogen-bond donors (Lipinski definition) is 0. The maximum absolute atomic E-state index is 12.8. The zero-order valence-corrected chi connectivity index (χ0v) is 19.5. The summed E-state index contributed by atoms with van der Waals surface area (Å²) in [6.07, 6.45) is 8.81. The normalized spacial score (nSPS) is 46.1. The molecule has 1 aliphatic heterocycles. The third-order valence-electron chi connectivity index (χ3n) is 9.09. The zero-order valence-electron chi connectivity index (χ0n) is 17.9. The molecule has 0 radical (unpaired) electrons. The lowest BCUT2D eigenvalue weighted by molar-refractivity contribution is -0.176. The van der Waals surface area contributed by atoms with Crippen molar-refractivity contribution in [3.05, 3.63) is 0 Å². The molecule has 154 valence electrons. The van der Waals surface area contributed by atoms with Crippen LogP contribution in [0.3, 0.4) is 0 Å². The minimum atomic E-state index is -0.273. The monoisotopic (exact) mass is 410 g/mol. The maximum Gasteiger partial charge on any atom is 0.311 e. The molecule has 3 aliphatic carbocycles. The van der Waals surface area contributed by atoms with Crippen LogP contribution in [0.25, 0.3) is 0 Å². The molecule has 0 aromatic rings. The van der Waals surface area contributed by atoms with E-state index in [-0.39, 0.29) is 11.4 Å². The molecule has 4 rings (SSSR count). The minimum absolute atomic E-state index is 0.0482. The van der Waals surface area contributed by atoms with Crippen LogP contribution in [0.5, 0.6) is 0 Å². The maximum atomic E-state index is 12.8. The summed E-state index contributed by atoms with van der Waals surface area (Å²) in [6, 6.07) is 0. The fourth-order valence-corrected chi connectivity index (χ4v) is 12.3. The van der Waals surface area contributed by atoms with Crippen molar-refractivity contribution in [3.63, 3.8) is 0 Å². The van der Waals surface area contributed by atoms with E-state index in [4.69, 9.17) is 4.74 Å². The van der Waals surface area contributed by atoms with E-state index < -0.39 is 0 Å². The van der Waals surface area contributed by atoms with E-state index in [2.05, 4.69) is 51.2 Å². The Morgan fingerprint density at radius 1 is 1.00 bits per heavy atom. The Balaban J connectivity index is 1.70. The molecule has 6 atom stereocenters. The summed E-state index contributed by atoms with van der Waals surface area (Å²) in [5.74, 6) is 6.46. The summed E-state index contributed by atoms with van der Waals surface area (Å²) in [5.41, 5.74) is 0.0352. The first-order chi connectivity index (χ1) is 12.8. The molecule has 0 amide bonds. The Labute approximate surface area is 174 Å². The standard InChI is InChI=1S/C23H38O2S2/c1-15(2)16-7-8-17-18(23(16)26-13-14-27-23)9-10-19-21(17,3)11-6-12-22(19,4)20(24)25-5/h15-19H,6-14H2,1-5H3/t16-,17?,18?,19?,21?,22-/m1/s1. The predicted octanol–water partition coefficient (Wildman–Crippen LogP) is 6.24. The topological polar surface area (TPSA) is 26.3 Å². The SMILES string of the molecule is COC(=O)[C@]1(C)CCCC2(C)C3CC[C@H](C(C)C)C4(SCCS4)C3CCC21. The zero-order chi connectivity index (χ0) is 19.4. The van der Waals surface area contributed by atoms with Crippen molar-refractivity contribution in [2.24, 2.45) is 40.4 Å². The average molecular weight is 411 g/mol. The lowest BCUT2D eigenvalue weighted by Crippen LogP contribution is -2.60. The number of ether oxygens (including phenoxy) is 1. The van der Waals surface area contributed by atoms with Gasteiger partial charge in [-0.3, -0.25) is 4.79 Å². The number of thioether (sulfide) groups is 2.